The number of phenols is 1. The van der Waals surface area contributed by atoms with E-state index in [-0.39, 0.29) is 5.75 Å². The lowest BCUT2D eigenvalue weighted by Gasteiger charge is -2.16. The molecule has 1 aromatic rings. The van der Waals surface area contributed by atoms with E-state index in [1.165, 1.54) is 0 Å². The predicted molar refractivity (Wildman–Crippen MR) is 56.9 cm³/mol. The number of aliphatic carboxylic acids is 1. The average molecular weight is 209 g/mol. The summed E-state index contributed by atoms with van der Waals surface area (Å²) in [6, 6.07) is 0.504. The van der Waals surface area contributed by atoms with E-state index in [1.807, 2.05) is 0 Å². The van der Waals surface area contributed by atoms with Crippen LogP contribution in [0.1, 0.15) is 28.3 Å². The minimum atomic E-state index is -1.06. The first kappa shape index (κ1) is 11.5. The highest BCUT2D eigenvalue weighted by molar-refractivity contribution is 5.77. The molecule has 0 aromatic heterocycles. The minimum absolute atomic E-state index is 0.173. The molecule has 1 unspecified atom stereocenters. The molecule has 0 fully saturated rings. The SMILES string of the molecule is Cc1cc(O)c(C)c(C)c1C(N)C(=O)O. The third kappa shape index (κ3) is 1.94. The van der Waals surface area contributed by atoms with Crippen LogP contribution < -0.4 is 5.73 Å². The highest BCUT2D eigenvalue weighted by atomic mass is 16.4. The molecule has 0 aliphatic rings. The van der Waals surface area contributed by atoms with Crippen molar-refractivity contribution in [2.45, 2.75) is 26.8 Å². The third-order valence-corrected chi connectivity index (χ3v) is 2.71. The predicted octanol–water partition coefficient (Wildman–Crippen LogP) is 1.40. The summed E-state index contributed by atoms with van der Waals surface area (Å²) in [6.45, 7) is 5.24. The zero-order valence-electron chi connectivity index (χ0n) is 9.03. The quantitative estimate of drug-likeness (QED) is 0.687. The first-order valence-corrected chi connectivity index (χ1v) is 4.64. The van der Waals surface area contributed by atoms with Crippen LogP contribution in [0.15, 0.2) is 6.07 Å². The Morgan fingerprint density at radius 3 is 2.33 bits per heavy atom. The van der Waals surface area contributed by atoms with Gasteiger partial charge < -0.3 is 15.9 Å². The summed E-state index contributed by atoms with van der Waals surface area (Å²) in [6.07, 6.45) is 0. The monoisotopic (exact) mass is 209 g/mol. The Hall–Kier alpha value is -1.55. The summed E-state index contributed by atoms with van der Waals surface area (Å²) >= 11 is 0. The van der Waals surface area contributed by atoms with E-state index in [0.29, 0.717) is 16.7 Å². The van der Waals surface area contributed by atoms with Crippen LogP contribution in [0.25, 0.3) is 0 Å². The number of rotatable bonds is 2. The van der Waals surface area contributed by atoms with Gasteiger partial charge >= 0.3 is 5.97 Å². The number of nitrogens with two attached hydrogens (primary N) is 1. The molecule has 15 heavy (non-hydrogen) atoms. The van der Waals surface area contributed by atoms with Gasteiger partial charge in [0.25, 0.3) is 0 Å². The molecule has 4 nitrogen and oxygen atoms in total. The van der Waals surface area contributed by atoms with Crippen molar-refractivity contribution in [1.29, 1.82) is 0 Å². The molecule has 0 aliphatic carbocycles. The molecule has 4 N–H and O–H groups in total. The summed E-state index contributed by atoms with van der Waals surface area (Å²) in [5.74, 6) is -0.891. The van der Waals surface area contributed by atoms with Crippen LogP contribution in [0.4, 0.5) is 0 Å². The van der Waals surface area contributed by atoms with Gasteiger partial charge in [-0.05, 0) is 49.1 Å². The van der Waals surface area contributed by atoms with Gasteiger partial charge in [0.2, 0.25) is 0 Å². The lowest BCUT2D eigenvalue weighted by molar-refractivity contribution is -0.138. The number of carboxylic acids is 1. The Morgan fingerprint density at radius 1 is 1.33 bits per heavy atom. The maximum atomic E-state index is 10.8. The lowest BCUT2D eigenvalue weighted by Crippen LogP contribution is -2.23. The van der Waals surface area contributed by atoms with Crippen molar-refractivity contribution >= 4 is 5.97 Å². The van der Waals surface area contributed by atoms with Crippen LogP contribution in [-0.4, -0.2) is 16.2 Å². The first-order valence-electron chi connectivity index (χ1n) is 4.64. The number of aromatic hydroxyl groups is 1. The molecule has 0 saturated heterocycles. The fourth-order valence-corrected chi connectivity index (χ4v) is 1.68. The smallest absolute Gasteiger partial charge is 0.325 e. The number of carbonyl (C=O) groups is 1. The van der Waals surface area contributed by atoms with E-state index in [0.717, 1.165) is 5.56 Å². The van der Waals surface area contributed by atoms with Crippen LogP contribution in [0.3, 0.4) is 0 Å². The standard InChI is InChI=1S/C11H15NO3/c1-5-4-8(13)6(2)7(3)9(5)10(12)11(14)15/h4,10,13H,12H2,1-3H3,(H,14,15). The minimum Gasteiger partial charge on any atom is -0.508 e. The van der Waals surface area contributed by atoms with Crippen molar-refractivity contribution in [1.82, 2.24) is 0 Å². The zero-order valence-corrected chi connectivity index (χ0v) is 9.03. The van der Waals surface area contributed by atoms with Crippen LogP contribution in [-0.2, 0) is 4.79 Å². The van der Waals surface area contributed by atoms with Gasteiger partial charge in [-0.1, -0.05) is 0 Å². The molecule has 1 atom stereocenters. The zero-order chi connectivity index (χ0) is 11.7. The highest BCUT2D eigenvalue weighted by Gasteiger charge is 2.20. The molecule has 4 heteroatoms. The number of hydrogen-bond donors (Lipinski definition) is 3. The highest BCUT2D eigenvalue weighted by Crippen LogP contribution is 2.29. The topological polar surface area (TPSA) is 83.5 Å². The largest absolute Gasteiger partial charge is 0.508 e. The van der Waals surface area contributed by atoms with Gasteiger partial charge in [0, 0.05) is 0 Å². The van der Waals surface area contributed by atoms with Crippen molar-refractivity contribution < 1.29 is 15.0 Å². The second kappa shape index (κ2) is 3.90. The Bertz CT molecular complexity index is 413. The van der Waals surface area contributed by atoms with Gasteiger partial charge in [0.05, 0.1) is 0 Å². The molecule has 0 heterocycles. The number of phenolic OH excluding ortho intramolecular Hbond substituents is 1. The average Bonchev–Trinajstić information content (AvgIpc) is 2.14. The first-order chi connectivity index (χ1) is 6.86. The fraction of sp³-hybridized carbons (Fsp3) is 0.364. The normalized spacial score (nSPS) is 12.5. The van der Waals surface area contributed by atoms with Crippen LogP contribution in [0, 0.1) is 20.8 Å². The summed E-state index contributed by atoms with van der Waals surface area (Å²) < 4.78 is 0. The van der Waals surface area contributed by atoms with Gasteiger partial charge in [-0.15, -0.1) is 0 Å². The molecule has 0 spiro atoms. The molecule has 0 aliphatic heterocycles. The number of aryl methyl sites for hydroxylation is 1. The van der Waals surface area contributed by atoms with E-state index < -0.39 is 12.0 Å². The van der Waals surface area contributed by atoms with Gasteiger partial charge in [-0.3, -0.25) is 4.79 Å². The molecule has 1 aromatic carbocycles. The molecule has 82 valence electrons. The molecular formula is C11H15NO3. The second-order valence-corrected chi connectivity index (χ2v) is 3.69. The van der Waals surface area contributed by atoms with E-state index >= 15 is 0 Å². The van der Waals surface area contributed by atoms with Gasteiger partial charge in [0.15, 0.2) is 0 Å². The number of benzene rings is 1. The number of hydrogen-bond acceptors (Lipinski definition) is 3. The van der Waals surface area contributed by atoms with Crippen LogP contribution in [0.5, 0.6) is 5.75 Å². The van der Waals surface area contributed by atoms with E-state index in [2.05, 4.69) is 0 Å². The van der Waals surface area contributed by atoms with Crippen LogP contribution in [0.2, 0.25) is 0 Å². The van der Waals surface area contributed by atoms with Crippen molar-refractivity contribution in [3.8, 4) is 5.75 Å². The molecule has 0 bridgehead atoms. The molecule has 0 amide bonds. The summed E-state index contributed by atoms with van der Waals surface area (Å²) in [7, 11) is 0. The van der Waals surface area contributed by atoms with Gasteiger partial charge in [-0.25, -0.2) is 0 Å². The Balaban J connectivity index is 3.42. The summed E-state index contributed by atoms with van der Waals surface area (Å²) in [5, 5.41) is 18.4. The van der Waals surface area contributed by atoms with Crippen molar-refractivity contribution in [2.24, 2.45) is 5.73 Å². The molecule has 0 radical (unpaired) electrons. The van der Waals surface area contributed by atoms with E-state index in [9.17, 15) is 9.90 Å². The van der Waals surface area contributed by atoms with Crippen molar-refractivity contribution in [3.63, 3.8) is 0 Å². The second-order valence-electron chi connectivity index (χ2n) is 3.69. The molecule has 0 saturated carbocycles. The third-order valence-electron chi connectivity index (χ3n) is 2.71. The Morgan fingerprint density at radius 2 is 1.87 bits per heavy atom. The Labute approximate surface area is 88.3 Å². The van der Waals surface area contributed by atoms with Crippen molar-refractivity contribution in [2.75, 3.05) is 0 Å². The Kier molecular flexibility index (Phi) is 3.00. The van der Waals surface area contributed by atoms with Gasteiger partial charge in [0.1, 0.15) is 11.8 Å². The van der Waals surface area contributed by atoms with Crippen LogP contribution >= 0.6 is 0 Å². The summed E-state index contributed by atoms with van der Waals surface area (Å²) in [5.41, 5.74) is 8.27. The molecule has 1 rings (SSSR count). The maximum absolute atomic E-state index is 10.8. The maximum Gasteiger partial charge on any atom is 0.325 e. The van der Waals surface area contributed by atoms with Crippen molar-refractivity contribution in [3.05, 3.63) is 28.3 Å². The van der Waals surface area contributed by atoms with E-state index in [1.54, 1.807) is 26.8 Å². The fourth-order valence-electron chi connectivity index (χ4n) is 1.68. The molecular weight excluding hydrogens is 194 g/mol. The lowest BCUT2D eigenvalue weighted by atomic mass is 9.92. The summed E-state index contributed by atoms with van der Waals surface area (Å²) in [4.78, 5) is 10.8. The number of carboxylic acid groups (broad SMARTS) is 1. The van der Waals surface area contributed by atoms with E-state index in [4.69, 9.17) is 10.8 Å². The van der Waals surface area contributed by atoms with Gasteiger partial charge in [-0.2, -0.15) is 0 Å².